The molecule has 3 heteroatoms. The SMILES string of the molecule is CCCNC(c1ccccc1)c1cc2cccc(Cl)c2o1. The van der Waals surface area contributed by atoms with Crippen LogP contribution in [0.15, 0.2) is 59.0 Å². The lowest BCUT2D eigenvalue weighted by molar-refractivity contribution is 0.470. The number of halogens is 1. The molecule has 21 heavy (non-hydrogen) atoms. The molecule has 3 aromatic rings. The van der Waals surface area contributed by atoms with E-state index in [-0.39, 0.29) is 6.04 Å². The lowest BCUT2D eigenvalue weighted by Gasteiger charge is -2.16. The number of hydrogen-bond donors (Lipinski definition) is 1. The van der Waals surface area contributed by atoms with Gasteiger partial charge < -0.3 is 9.73 Å². The van der Waals surface area contributed by atoms with Crippen LogP contribution in [-0.4, -0.2) is 6.54 Å². The fourth-order valence-electron chi connectivity index (χ4n) is 2.51. The van der Waals surface area contributed by atoms with Crippen molar-refractivity contribution in [2.75, 3.05) is 6.54 Å². The van der Waals surface area contributed by atoms with Gasteiger partial charge in [-0.15, -0.1) is 0 Å². The van der Waals surface area contributed by atoms with Gasteiger partial charge in [0.15, 0.2) is 5.58 Å². The van der Waals surface area contributed by atoms with Gasteiger partial charge in [-0.3, -0.25) is 0 Å². The van der Waals surface area contributed by atoms with Crippen molar-refractivity contribution in [1.82, 2.24) is 5.32 Å². The zero-order chi connectivity index (χ0) is 14.7. The zero-order valence-electron chi connectivity index (χ0n) is 12.0. The molecule has 3 rings (SSSR count). The molecule has 1 atom stereocenters. The van der Waals surface area contributed by atoms with Crippen LogP contribution in [0, 0.1) is 0 Å². The van der Waals surface area contributed by atoms with Gasteiger partial charge >= 0.3 is 0 Å². The third-order valence-electron chi connectivity index (χ3n) is 3.53. The summed E-state index contributed by atoms with van der Waals surface area (Å²) in [5.74, 6) is 0.901. The van der Waals surface area contributed by atoms with Crippen LogP contribution in [-0.2, 0) is 0 Å². The second-order valence-corrected chi connectivity index (χ2v) is 5.51. The molecule has 0 saturated carbocycles. The molecule has 108 valence electrons. The molecular weight excluding hydrogens is 282 g/mol. The van der Waals surface area contributed by atoms with Crippen LogP contribution >= 0.6 is 11.6 Å². The Kier molecular flexibility index (Phi) is 4.28. The first-order chi connectivity index (χ1) is 10.3. The highest BCUT2D eigenvalue weighted by Gasteiger charge is 2.18. The molecule has 0 amide bonds. The van der Waals surface area contributed by atoms with Gasteiger partial charge in [-0.1, -0.05) is 61.0 Å². The summed E-state index contributed by atoms with van der Waals surface area (Å²) < 4.78 is 6.02. The standard InChI is InChI=1S/C18H18ClNO/c1-2-11-20-17(13-7-4-3-5-8-13)16-12-14-9-6-10-15(19)18(14)21-16/h3-10,12,17,20H,2,11H2,1H3. The van der Waals surface area contributed by atoms with Crippen molar-refractivity contribution in [3.05, 3.63) is 70.9 Å². The number of rotatable bonds is 5. The van der Waals surface area contributed by atoms with Crippen molar-refractivity contribution in [3.63, 3.8) is 0 Å². The van der Waals surface area contributed by atoms with Crippen LogP contribution in [0.2, 0.25) is 5.02 Å². The molecule has 0 fully saturated rings. The molecule has 1 N–H and O–H groups in total. The van der Waals surface area contributed by atoms with E-state index in [2.05, 4.69) is 30.4 Å². The van der Waals surface area contributed by atoms with Gasteiger partial charge in [0.1, 0.15) is 5.76 Å². The summed E-state index contributed by atoms with van der Waals surface area (Å²) >= 11 is 6.21. The van der Waals surface area contributed by atoms with Gasteiger partial charge in [0, 0.05) is 5.39 Å². The first-order valence-corrected chi connectivity index (χ1v) is 7.63. The normalized spacial score (nSPS) is 12.7. The summed E-state index contributed by atoms with van der Waals surface area (Å²) in [5, 5.41) is 5.24. The van der Waals surface area contributed by atoms with E-state index in [1.807, 2.05) is 36.4 Å². The van der Waals surface area contributed by atoms with Crippen LogP contribution in [0.4, 0.5) is 0 Å². The zero-order valence-corrected chi connectivity index (χ0v) is 12.7. The molecule has 0 radical (unpaired) electrons. The lowest BCUT2D eigenvalue weighted by atomic mass is 10.0. The minimum absolute atomic E-state index is 0.0506. The topological polar surface area (TPSA) is 25.2 Å². The lowest BCUT2D eigenvalue weighted by Crippen LogP contribution is -2.22. The maximum Gasteiger partial charge on any atom is 0.152 e. The summed E-state index contributed by atoms with van der Waals surface area (Å²) in [5.41, 5.74) is 1.95. The third kappa shape index (κ3) is 2.97. The van der Waals surface area contributed by atoms with Crippen molar-refractivity contribution in [2.24, 2.45) is 0 Å². The maximum absolute atomic E-state index is 6.21. The third-order valence-corrected chi connectivity index (χ3v) is 3.83. The molecule has 2 nitrogen and oxygen atoms in total. The van der Waals surface area contributed by atoms with Gasteiger partial charge in [-0.25, -0.2) is 0 Å². The first-order valence-electron chi connectivity index (χ1n) is 7.26. The van der Waals surface area contributed by atoms with E-state index < -0.39 is 0 Å². The predicted octanol–water partition coefficient (Wildman–Crippen LogP) is 5.18. The van der Waals surface area contributed by atoms with E-state index in [4.69, 9.17) is 16.0 Å². The monoisotopic (exact) mass is 299 g/mol. The Morgan fingerprint density at radius 3 is 2.62 bits per heavy atom. The average molecular weight is 300 g/mol. The summed E-state index contributed by atoms with van der Waals surface area (Å²) in [7, 11) is 0. The highest BCUT2D eigenvalue weighted by molar-refractivity contribution is 6.34. The molecule has 0 aliphatic rings. The average Bonchev–Trinajstić information content (AvgIpc) is 2.94. The van der Waals surface area contributed by atoms with E-state index in [9.17, 15) is 0 Å². The second kappa shape index (κ2) is 6.33. The summed E-state index contributed by atoms with van der Waals surface area (Å²) in [6.45, 7) is 3.09. The van der Waals surface area contributed by atoms with Crippen LogP contribution in [0.5, 0.6) is 0 Å². The van der Waals surface area contributed by atoms with Gasteiger partial charge in [0.05, 0.1) is 11.1 Å². The van der Waals surface area contributed by atoms with E-state index in [1.54, 1.807) is 0 Å². The van der Waals surface area contributed by atoms with E-state index >= 15 is 0 Å². The molecule has 0 saturated heterocycles. The molecular formula is C18H18ClNO. The summed E-state index contributed by atoms with van der Waals surface area (Å²) in [6, 6.07) is 18.3. The molecule has 1 unspecified atom stereocenters. The molecule has 0 bridgehead atoms. The Bertz CT molecular complexity index is 720. The number of furan rings is 1. The van der Waals surface area contributed by atoms with Crippen molar-refractivity contribution in [2.45, 2.75) is 19.4 Å². The van der Waals surface area contributed by atoms with Crippen molar-refractivity contribution >= 4 is 22.6 Å². The van der Waals surface area contributed by atoms with E-state index in [0.717, 1.165) is 29.7 Å². The summed E-state index contributed by atoms with van der Waals surface area (Å²) in [6.07, 6.45) is 1.07. The van der Waals surface area contributed by atoms with Crippen LogP contribution in [0.1, 0.15) is 30.7 Å². The number of fused-ring (bicyclic) bond motifs is 1. The Balaban J connectivity index is 2.03. The van der Waals surface area contributed by atoms with Crippen LogP contribution in [0.3, 0.4) is 0 Å². The highest BCUT2D eigenvalue weighted by Crippen LogP contribution is 2.31. The van der Waals surface area contributed by atoms with Gasteiger partial charge in [-0.2, -0.15) is 0 Å². The van der Waals surface area contributed by atoms with Crippen molar-refractivity contribution < 1.29 is 4.42 Å². The largest absolute Gasteiger partial charge is 0.457 e. The minimum atomic E-state index is 0.0506. The molecule has 1 aromatic heterocycles. The molecule has 0 aliphatic heterocycles. The Labute approximate surface area is 129 Å². The smallest absolute Gasteiger partial charge is 0.152 e. The van der Waals surface area contributed by atoms with E-state index in [1.165, 1.54) is 5.56 Å². The highest BCUT2D eigenvalue weighted by atomic mass is 35.5. The Morgan fingerprint density at radius 1 is 1.10 bits per heavy atom. The van der Waals surface area contributed by atoms with Crippen LogP contribution in [0.25, 0.3) is 11.0 Å². The molecule has 0 aliphatic carbocycles. The Morgan fingerprint density at radius 2 is 1.90 bits per heavy atom. The van der Waals surface area contributed by atoms with Crippen molar-refractivity contribution in [1.29, 1.82) is 0 Å². The molecule has 1 heterocycles. The maximum atomic E-state index is 6.21. The quantitative estimate of drug-likeness (QED) is 0.702. The summed E-state index contributed by atoms with van der Waals surface area (Å²) in [4.78, 5) is 0. The minimum Gasteiger partial charge on any atom is -0.457 e. The first kappa shape index (κ1) is 14.2. The van der Waals surface area contributed by atoms with Crippen LogP contribution < -0.4 is 5.32 Å². The van der Waals surface area contributed by atoms with Gasteiger partial charge in [0.25, 0.3) is 0 Å². The molecule has 2 aromatic carbocycles. The molecule has 0 spiro atoms. The fourth-order valence-corrected chi connectivity index (χ4v) is 2.73. The fraction of sp³-hybridized carbons (Fsp3) is 0.222. The van der Waals surface area contributed by atoms with Crippen molar-refractivity contribution in [3.8, 4) is 0 Å². The number of para-hydroxylation sites is 1. The van der Waals surface area contributed by atoms with Gasteiger partial charge in [0.2, 0.25) is 0 Å². The van der Waals surface area contributed by atoms with Gasteiger partial charge in [-0.05, 0) is 30.7 Å². The second-order valence-electron chi connectivity index (χ2n) is 5.10. The number of hydrogen-bond acceptors (Lipinski definition) is 2. The Hall–Kier alpha value is -1.77. The number of nitrogens with one attached hydrogen (secondary N) is 1. The van der Waals surface area contributed by atoms with E-state index in [0.29, 0.717) is 5.02 Å². The number of benzene rings is 2. The predicted molar refractivity (Wildman–Crippen MR) is 87.8 cm³/mol.